The molecule has 9 atom stereocenters. The minimum Gasteiger partial charge on any atom is -0.481 e. The zero-order valence-electron chi connectivity index (χ0n) is 50.1. The molecule has 2 fully saturated rings. The fourth-order valence-corrected chi connectivity index (χ4v) is 11.1. The van der Waals surface area contributed by atoms with E-state index in [1.807, 2.05) is 0 Å². The van der Waals surface area contributed by atoms with Crippen molar-refractivity contribution in [1.29, 1.82) is 0 Å². The molecule has 0 unspecified atom stereocenters. The Kier molecular flexibility index (Phi) is 23.7. The first kappa shape index (κ1) is 67.4. The number of nitrogens with zero attached hydrogens (tertiary/aromatic N) is 3. The number of para-hydroxylation sites is 2. The van der Waals surface area contributed by atoms with Crippen LogP contribution in [0, 0.1) is 0 Å². The summed E-state index contributed by atoms with van der Waals surface area (Å²) in [6, 6.07) is 1.44. The number of unbranched alkanes of at least 4 members (excludes halogenated alkanes) is 1. The number of H-pyrrole nitrogens is 4. The molecule has 2 aliphatic heterocycles. The van der Waals surface area contributed by atoms with E-state index < -0.39 is 145 Å². The summed E-state index contributed by atoms with van der Waals surface area (Å²) in [5.74, 6) is -10.4. The van der Waals surface area contributed by atoms with E-state index in [-0.39, 0.29) is 76.1 Å². The third kappa shape index (κ3) is 18.3. The van der Waals surface area contributed by atoms with E-state index in [0.29, 0.717) is 57.9 Å². The van der Waals surface area contributed by atoms with E-state index in [4.69, 9.17) is 11.5 Å². The van der Waals surface area contributed by atoms with Crippen LogP contribution in [0.2, 0.25) is 0 Å². The highest BCUT2D eigenvalue weighted by Gasteiger charge is 2.40. The third-order valence-corrected chi connectivity index (χ3v) is 15.9. The Bertz CT molecular complexity index is 3610. The smallest absolute Gasteiger partial charge is 0.303 e. The average Bonchev–Trinajstić information content (AvgIpc) is 1.91. The van der Waals surface area contributed by atoms with Crippen molar-refractivity contribution in [2.45, 2.75) is 138 Å². The minimum atomic E-state index is -1.83. The first-order valence-corrected chi connectivity index (χ1v) is 30.1. The summed E-state index contributed by atoms with van der Waals surface area (Å²) < 4.78 is 0. The number of hydrogen-bond acceptors (Lipinski definition) is 16. The number of benzene rings is 2. The topological polar surface area (TPSA) is 498 Å². The van der Waals surface area contributed by atoms with Crippen LogP contribution in [-0.4, -0.2) is 197 Å². The molecule has 32 heteroatoms. The van der Waals surface area contributed by atoms with Crippen LogP contribution in [0.3, 0.4) is 0 Å². The number of aliphatic hydroxyl groups excluding tert-OH is 1. The molecule has 2 aliphatic rings. The Balaban J connectivity index is 1.02. The molecule has 4 aromatic heterocycles. The Hall–Kier alpha value is -10.5. The van der Waals surface area contributed by atoms with Crippen molar-refractivity contribution in [3.05, 3.63) is 108 Å². The average molecular weight is 1270 g/mol. The number of aromatic amines is 4. The predicted molar refractivity (Wildman–Crippen MR) is 327 cm³/mol. The number of carbonyl (C=O) groups excluding carboxylic acids is 11. The normalized spacial score (nSPS) is 16.8. The van der Waals surface area contributed by atoms with Gasteiger partial charge in [-0.1, -0.05) is 36.4 Å². The number of imidazole rings is 2. The highest BCUT2D eigenvalue weighted by Crippen LogP contribution is 2.23. The minimum absolute atomic E-state index is 0.0596. The molecule has 0 bridgehead atoms. The standard InChI is InChI=1S/C60H76N18O14/c61-18-6-5-12-42(60(92)78-19-7-13-48(78)59(91)67-28-49(62)80)72-54(86)43(20-32-24-65-38-10-3-1-8-36(32)38)73-53(85)41(15-17-51(82)83)71-56(88)45(22-34-26-63-30-68-34)76-58(90)47(29-79)77-55(87)44(21-33-25-66-39-11-4-2-9-37(33)39)74-57(89)46(23-35-27-64-31-69-35)75-52(84)40-14-16-50(81)70-40/h1-4,8-11,24-27,30-31,40-48,65-66,79H,5-7,12-23,28-29,61H2,(H2,62,80)(H,63,68)(H,64,69)(H,67,91)(H,70,81)(H,71,88)(H,72,86)(H,73,85)(H,74,89)(H,75,84)(H,76,90)(H,77,87)(H,82,83)/t40-,41-,42-,43-,44-,45-,46-,47-,48-/m0/s1. The van der Waals surface area contributed by atoms with E-state index in [1.54, 1.807) is 60.9 Å². The molecular formula is C60H76N18O14. The second-order valence-electron chi connectivity index (χ2n) is 22.5. The maximum atomic E-state index is 14.8. The molecule has 0 saturated carbocycles. The van der Waals surface area contributed by atoms with Crippen molar-refractivity contribution < 1.29 is 67.7 Å². The molecular weight excluding hydrogens is 1200 g/mol. The second kappa shape index (κ2) is 32.3. The van der Waals surface area contributed by atoms with Gasteiger partial charge in [-0.15, -0.1) is 0 Å². The quantitative estimate of drug-likeness (QED) is 0.0175. The lowest BCUT2D eigenvalue weighted by Crippen LogP contribution is -2.61. The Morgan fingerprint density at radius 1 is 0.598 bits per heavy atom. The van der Waals surface area contributed by atoms with Gasteiger partial charge in [0.1, 0.15) is 54.4 Å². The van der Waals surface area contributed by atoms with Crippen molar-refractivity contribution in [2.24, 2.45) is 11.5 Å². The SMILES string of the molecule is NCCCC[C@H](NC(=O)[C@H](Cc1c[nH]c2ccccc12)NC(=O)[C@H](CCC(=O)O)NC(=O)[C@H](Cc1cnc[nH]1)NC(=O)[C@H](CO)NC(=O)[C@H](Cc1c[nH]c2ccccc12)NC(=O)[C@H](Cc1cnc[nH]1)NC(=O)[C@@H]1CCC(=O)N1)C(=O)N1CCC[C@H]1C(=O)NCC(N)=O. The van der Waals surface area contributed by atoms with Gasteiger partial charge in [0.2, 0.25) is 65.0 Å². The van der Waals surface area contributed by atoms with Gasteiger partial charge >= 0.3 is 5.97 Å². The number of likely N-dealkylation sites (tertiary alicyclic amines) is 1. The van der Waals surface area contributed by atoms with Gasteiger partial charge in [-0.2, -0.15) is 0 Å². The van der Waals surface area contributed by atoms with E-state index >= 15 is 0 Å². The fourth-order valence-electron chi connectivity index (χ4n) is 11.1. The number of carboxylic acids is 1. The number of carbonyl (C=O) groups is 12. The molecule has 2 aromatic carbocycles. The Labute approximate surface area is 525 Å². The maximum Gasteiger partial charge on any atom is 0.303 e. The van der Waals surface area contributed by atoms with E-state index in [9.17, 15) is 67.7 Å². The summed E-state index contributed by atoms with van der Waals surface area (Å²) in [6.07, 6.45) is 8.33. The highest BCUT2D eigenvalue weighted by molar-refractivity contribution is 6.00. The number of rotatable bonds is 34. The predicted octanol–water partition coefficient (Wildman–Crippen LogP) is -3.38. The summed E-state index contributed by atoms with van der Waals surface area (Å²) in [4.78, 5) is 186. The number of hydrogen-bond donors (Lipinski definition) is 17. The molecule has 92 heavy (non-hydrogen) atoms. The Morgan fingerprint density at radius 3 is 1.60 bits per heavy atom. The molecule has 0 aliphatic carbocycles. The lowest BCUT2D eigenvalue weighted by Gasteiger charge is -2.30. The summed E-state index contributed by atoms with van der Waals surface area (Å²) in [7, 11) is 0. The monoisotopic (exact) mass is 1270 g/mol. The number of amides is 11. The first-order valence-electron chi connectivity index (χ1n) is 30.1. The van der Waals surface area contributed by atoms with Crippen LogP contribution in [0.1, 0.15) is 80.3 Å². The van der Waals surface area contributed by atoms with Gasteiger partial charge in [0.05, 0.1) is 25.8 Å². The maximum absolute atomic E-state index is 14.8. The van der Waals surface area contributed by atoms with Gasteiger partial charge in [-0.3, -0.25) is 57.5 Å². The van der Waals surface area contributed by atoms with Crippen molar-refractivity contribution in [3.8, 4) is 0 Å². The van der Waals surface area contributed by atoms with Crippen LogP contribution in [0.25, 0.3) is 21.8 Å². The van der Waals surface area contributed by atoms with Crippen molar-refractivity contribution in [3.63, 3.8) is 0 Å². The number of nitrogens with one attached hydrogen (secondary N) is 13. The van der Waals surface area contributed by atoms with Gasteiger partial charge in [0.15, 0.2) is 0 Å². The zero-order chi connectivity index (χ0) is 65.8. The summed E-state index contributed by atoms with van der Waals surface area (Å²) >= 11 is 0. The first-order chi connectivity index (χ1) is 44.3. The van der Waals surface area contributed by atoms with Gasteiger partial charge in [0.25, 0.3) is 0 Å². The summed E-state index contributed by atoms with van der Waals surface area (Å²) in [5, 5.41) is 45.3. The van der Waals surface area contributed by atoms with E-state index in [2.05, 4.69) is 77.8 Å². The zero-order valence-corrected chi connectivity index (χ0v) is 50.1. The summed E-state index contributed by atoms with van der Waals surface area (Å²) in [5.41, 5.74) is 14.2. The number of nitrogens with two attached hydrogens (primary N) is 2. The molecule has 6 heterocycles. The molecule has 11 amide bonds. The molecule has 6 aromatic rings. The third-order valence-electron chi connectivity index (χ3n) is 15.9. The van der Waals surface area contributed by atoms with Gasteiger partial charge in [-0.05, 0) is 74.8 Å². The van der Waals surface area contributed by atoms with Crippen molar-refractivity contribution >= 4 is 92.8 Å². The molecule has 2 saturated heterocycles. The van der Waals surface area contributed by atoms with Crippen LogP contribution in [0.5, 0.6) is 0 Å². The van der Waals surface area contributed by atoms with Crippen LogP contribution in [0.4, 0.5) is 0 Å². The van der Waals surface area contributed by atoms with E-state index in [1.165, 1.54) is 29.9 Å². The molecule has 8 rings (SSSR count). The molecule has 0 radical (unpaired) electrons. The Morgan fingerprint density at radius 2 is 1.10 bits per heavy atom. The number of fused-ring (bicyclic) bond motifs is 2. The number of aliphatic hydroxyl groups is 1. The van der Waals surface area contributed by atoms with Crippen molar-refractivity contribution in [2.75, 3.05) is 26.2 Å². The molecule has 0 spiro atoms. The highest BCUT2D eigenvalue weighted by atomic mass is 16.4. The lowest BCUT2D eigenvalue weighted by atomic mass is 10.0. The fraction of sp³-hybridized carbons (Fsp3) is 0.433. The van der Waals surface area contributed by atoms with Crippen LogP contribution < -0.4 is 59.3 Å². The van der Waals surface area contributed by atoms with Gasteiger partial charge < -0.3 is 94.4 Å². The number of aliphatic carboxylic acids is 1. The van der Waals surface area contributed by atoms with E-state index in [0.717, 1.165) is 0 Å². The van der Waals surface area contributed by atoms with Gasteiger partial charge in [-0.25, -0.2) is 9.97 Å². The van der Waals surface area contributed by atoms with Crippen LogP contribution >= 0.6 is 0 Å². The molecule has 32 nitrogen and oxygen atoms in total. The number of carboxylic acid groups (broad SMARTS) is 1. The number of primary amides is 1. The van der Waals surface area contributed by atoms with Crippen LogP contribution in [0.15, 0.2) is 86.0 Å². The summed E-state index contributed by atoms with van der Waals surface area (Å²) in [6.45, 7) is -1.14. The van der Waals surface area contributed by atoms with Gasteiger partial charge in [0, 0.05) is 103 Å². The molecule has 490 valence electrons. The largest absolute Gasteiger partial charge is 0.481 e. The molecule has 19 N–H and O–H groups in total. The van der Waals surface area contributed by atoms with Crippen molar-refractivity contribution in [1.82, 2.24) is 82.7 Å². The lowest BCUT2D eigenvalue weighted by molar-refractivity contribution is -0.142. The number of aromatic nitrogens is 6. The van der Waals surface area contributed by atoms with Crippen LogP contribution in [-0.2, 0) is 83.2 Å². The second-order valence-corrected chi connectivity index (χ2v) is 22.5.